The van der Waals surface area contributed by atoms with Gasteiger partial charge in [-0.2, -0.15) is 4.31 Å². The lowest BCUT2D eigenvalue weighted by molar-refractivity contribution is -0.124. The number of carbonyl (C=O) groups is 2. The van der Waals surface area contributed by atoms with Crippen molar-refractivity contribution in [3.8, 4) is 0 Å². The van der Waals surface area contributed by atoms with E-state index in [1.54, 1.807) is 20.8 Å². The van der Waals surface area contributed by atoms with E-state index in [1.165, 1.54) is 0 Å². The van der Waals surface area contributed by atoms with Crippen LogP contribution in [-0.2, 0) is 19.6 Å². The summed E-state index contributed by atoms with van der Waals surface area (Å²) in [7, 11) is -4.06. The van der Waals surface area contributed by atoms with E-state index in [0.29, 0.717) is 6.54 Å². The molecule has 0 aromatic heterocycles. The largest absolute Gasteiger partial charge is 0.452 e. The number of nitrogens with one attached hydrogen (secondary N) is 1. The number of esters is 1. The molecular formula is C15H21FN2O5S. The third-order valence-corrected chi connectivity index (χ3v) is 5.26. The number of benzene rings is 1. The molecule has 0 heterocycles. The van der Waals surface area contributed by atoms with E-state index < -0.39 is 39.2 Å². The van der Waals surface area contributed by atoms with Crippen molar-refractivity contribution in [2.75, 3.05) is 26.2 Å². The maximum absolute atomic E-state index is 14.0. The van der Waals surface area contributed by atoms with Crippen LogP contribution in [0.25, 0.3) is 0 Å². The van der Waals surface area contributed by atoms with E-state index in [1.807, 2.05) is 0 Å². The van der Waals surface area contributed by atoms with Gasteiger partial charge in [0, 0.05) is 19.6 Å². The summed E-state index contributed by atoms with van der Waals surface area (Å²) in [6.45, 7) is 5.20. The van der Waals surface area contributed by atoms with Gasteiger partial charge in [0.15, 0.2) is 6.61 Å². The Morgan fingerprint density at radius 2 is 1.83 bits per heavy atom. The molecule has 1 rings (SSSR count). The van der Waals surface area contributed by atoms with Crippen molar-refractivity contribution in [2.45, 2.75) is 25.7 Å². The SMILES string of the molecule is CCNC(=O)COC(=O)c1ccc(F)c(S(=O)(=O)N(CC)CC)c1. The molecular weight excluding hydrogens is 339 g/mol. The van der Waals surface area contributed by atoms with Gasteiger partial charge in [0.1, 0.15) is 10.7 Å². The maximum atomic E-state index is 14.0. The first kappa shape index (κ1) is 20.0. The molecule has 9 heteroatoms. The van der Waals surface area contributed by atoms with E-state index in [2.05, 4.69) is 5.32 Å². The van der Waals surface area contributed by atoms with Crippen LogP contribution in [0, 0.1) is 5.82 Å². The summed E-state index contributed by atoms with van der Waals surface area (Å²) >= 11 is 0. The molecule has 24 heavy (non-hydrogen) atoms. The van der Waals surface area contributed by atoms with Gasteiger partial charge in [-0.1, -0.05) is 13.8 Å². The van der Waals surface area contributed by atoms with Crippen molar-refractivity contribution in [2.24, 2.45) is 0 Å². The van der Waals surface area contributed by atoms with Crippen LogP contribution in [0.3, 0.4) is 0 Å². The van der Waals surface area contributed by atoms with Crippen LogP contribution >= 0.6 is 0 Å². The number of ether oxygens (including phenoxy) is 1. The Kier molecular flexibility index (Phi) is 7.30. The second-order valence-corrected chi connectivity index (χ2v) is 6.67. The second-order valence-electron chi connectivity index (χ2n) is 4.76. The second kappa shape index (κ2) is 8.74. The standard InChI is InChI=1S/C15H21FN2O5S/c1-4-17-14(19)10-23-15(20)11-7-8-12(16)13(9-11)24(21,22)18(5-2)6-3/h7-9H,4-6,10H2,1-3H3,(H,17,19). The molecule has 1 aromatic rings. The van der Waals surface area contributed by atoms with Crippen molar-refractivity contribution >= 4 is 21.9 Å². The van der Waals surface area contributed by atoms with Gasteiger partial charge in [0.25, 0.3) is 5.91 Å². The van der Waals surface area contributed by atoms with Gasteiger partial charge < -0.3 is 10.1 Å². The number of hydrogen-bond donors (Lipinski definition) is 1. The van der Waals surface area contributed by atoms with E-state index in [4.69, 9.17) is 4.74 Å². The van der Waals surface area contributed by atoms with Crippen LogP contribution in [0.5, 0.6) is 0 Å². The van der Waals surface area contributed by atoms with Crippen LogP contribution in [-0.4, -0.2) is 50.8 Å². The maximum Gasteiger partial charge on any atom is 0.338 e. The van der Waals surface area contributed by atoms with Crippen molar-refractivity contribution in [1.29, 1.82) is 0 Å². The highest BCUT2D eigenvalue weighted by atomic mass is 32.2. The molecule has 0 fully saturated rings. The molecule has 0 bridgehead atoms. The molecule has 0 aliphatic rings. The van der Waals surface area contributed by atoms with Crippen LogP contribution in [0.4, 0.5) is 4.39 Å². The Morgan fingerprint density at radius 3 is 2.38 bits per heavy atom. The minimum absolute atomic E-state index is 0.147. The first-order valence-electron chi connectivity index (χ1n) is 7.51. The number of hydrogen-bond acceptors (Lipinski definition) is 5. The topological polar surface area (TPSA) is 92.8 Å². The average molecular weight is 360 g/mol. The minimum Gasteiger partial charge on any atom is -0.452 e. The number of sulfonamides is 1. The number of halogens is 1. The van der Waals surface area contributed by atoms with Gasteiger partial charge in [-0.3, -0.25) is 4.79 Å². The summed E-state index contributed by atoms with van der Waals surface area (Å²) in [5.74, 6) is -2.34. The minimum atomic E-state index is -4.06. The highest BCUT2D eigenvalue weighted by Gasteiger charge is 2.26. The summed E-state index contributed by atoms with van der Waals surface area (Å²) < 4.78 is 44.6. The van der Waals surface area contributed by atoms with E-state index >= 15 is 0 Å². The third kappa shape index (κ3) is 4.75. The summed E-state index contributed by atoms with van der Waals surface area (Å²) in [5, 5.41) is 2.45. The van der Waals surface area contributed by atoms with Crippen molar-refractivity contribution in [3.05, 3.63) is 29.6 Å². The number of nitrogens with zero attached hydrogens (tertiary/aromatic N) is 1. The first-order chi connectivity index (χ1) is 11.3. The highest BCUT2D eigenvalue weighted by molar-refractivity contribution is 7.89. The number of rotatable bonds is 8. The van der Waals surface area contributed by atoms with Crippen LogP contribution in [0.2, 0.25) is 0 Å². The van der Waals surface area contributed by atoms with E-state index in [-0.39, 0.29) is 18.7 Å². The van der Waals surface area contributed by atoms with Crippen LogP contribution in [0.1, 0.15) is 31.1 Å². The Labute approximate surface area is 140 Å². The number of carbonyl (C=O) groups excluding carboxylic acids is 2. The number of likely N-dealkylation sites (N-methyl/N-ethyl adjacent to an activating group) is 1. The predicted octanol–water partition coefficient (Wildman–Crippen LogP) is 1.15. The monoisotopic (exact) mass is 360 g/mol. The zero-order valence-corrected chi connectivity index (χ0v) is 14.7. The quantitative estimate of drug-likeness (QED) is 0.702. The lowest BCUT2D eigenvalue weighted by Crippen LogP contribution is -2.31. The fraction of sp³-hybridized carbons (Fsp3) is 0.467. The Morgan fingerprint density at radius 1 is 1.21 bits per heavy atom. The van der Waals surface area contributed by atoms with Crippen molar-refractivity contribution < 1.29 is 27.1 Å². The lowest BCUT2D eigenvalue weighted by atomic mass is 10.2. The lowest BCUT2D eigenvalue weighted by Gasteiger charge is -2.19. The zero-order valence-electron chi connectivity index (χ0n) is 13.8. The molecule has 0 aliphatic heterocycles. The van der Waals surface area contributed by atoms with Gasteiger partial charge in [-0.15, -0.1) is 0 Å². The highest BCUT2D eigenvalue weighted by Crippen LogP contribution is 2.21. The smallest absolute Gasteiger partial charge is 0.338 e. The molecule has 0 aliphatic carbocycles. The molecule has 7 nitrogen and oxygen atoms in total. The normalized spacial score (nSPS) is 11.4. The molecule has 0 spiro atoms. The molecule has 1 N–H and O–H groups in total. The fourth-order valence-corrected chi connectivity index (χ4v) is 3.54. The van der Waals surface area contributed by atoms with Gasteiger partial charge >= 0.3 is 5.97 Å². The van der Waals surface area contributed by atoms with E-state index in [0.717, 1.165) is 22.5 Å². The number of amides is 1. The molecule has 0 radical (unpaired) electrons. The third-order valence-electron chi connectivity index (χ3n) is 3.20. The average Bonchev–Trinajstić information content (AvgIpc) is 2.54. The molecule has 134 valence electrons. The fourth-order valence-electron chi connectivity index (χ4n) is 1.99. The van der Waals surface area contributed by atoms with Gasteiger partial charge in [-0.25, -0.2) is 17.6 Å². The van der Waals surface area contributed by atoms with Gasteiger partial charge in [0.2, 0.25) is 10.0 Å². The van der Waals surface area contributed by atoms with Crippen LogP contribution in [0.15, 0.2) is 23.1 Å². The Hall–Kier alpha value is -2.00. The van der Waals surface area contributed by atoms with Crippen molar-refractivity contribution in [1.82, 2.24) is 9.62 Å². The summed E-state index contributed by atoms with van der Waals surface area (Å²) in [5.41, 5.74) is -0.147. The molecule has 1 amide bonds. The molecule has 0 unspecified atom stereocenters. The molecule has 0 atom stereocenters. The zero-order chi connectivity index (χ0) is 18.3. The summed E-state index contributed by atoms with van der Waals surface area (Å²) in [6, 6.07) is 2.92. The predicted molar refractivity (Wildman–Crippen MR) is 85.5 cm³/mol. The molecule has 1 aromatic carbocycles. The Bertz CT molecular complexity index is 702. The molecule has 0 saturated heterocycles. The summed E-state index contributed by atoms with van der Waals surface area (Å²) in [4.78, 5) is 22.6. The van der Waals surface area contributed by atoms with Gasteiger partial charge in [-0.05, 0) is 25.1 Å². The molecule has 0 saturated carbocycles. The first-order valence-corrected chi connectivity index (χ1v) is 8.95. The van der Waals surface area contributed by atoms with Gasteiger partial charge in [0.05, 0.1) is 5.56 Å². The van der Waals surface area contributed by atoms with Crippen molar-refractivity contribution in [3.63, 3.8) is 0 Å². The van der Waals surface area contributed by atoms with E-state index in [9.17, 15) is 22.4 Å². The Balaban J connectivity index is 3.05. The summed E-state index contributed by atoms with van der Waals surface area (Å²) in [6.07, 6.45) is 0. The van der Waals surface area contributed by atoms with Crippen LogP contribution < -0.4 is 5.32 Å².